The molecule has 108 valence electrons. The van der Waals surface area contributed by atoms with Crippen LogP contribution in [0.25, 0.3) is 10.9 Å². The molecule has 0 bridgehead atoms. The predicted octanol–water partition coefficient (Wildman–Crippen LogP) is 3.37. The summed E-state index contributed by atoms with van der Waals surface area (Å²) >= 11 is 0. The molecule has 1 aromatic carbocycles. The van der Waals surface area contributed by atoms with Gasteiger partial charge in [-0.3, -0.25) is 0 Å². The first-order chi connectivity index (χ1) is 9.17. The predicted molar refractivity (Wildman–Crippen MR) is 88.5 cm³/mol. The number of benzene rings is 1. The molecule has 0 unspecified atom stereocenters. The topological polar surface area (TPSA) is 48.1 Å². The summed E-state index contributed by atoms with van der Waals surface area (Å²) in [6.45, 7) is 10.9. The summed E-state index contributed by atoms with van der Waals surface area (Å²) in [5, 5.41) is 1.35. The van der Waals surface area contributed by atoms with E-state index in [-0.39, 0.29) is 10.6 Å². The molecule has 0 saturated heterocycles. The van der Waals surface area contributed by atoms with Crippen molar-refractivity contribution in [2.24, 2.45) is 0 Å². The van der Waals surface area contributed by atoms with Gasteiger partial charge in [0.15, 0.2) is 9.76 Å². The van der Waals surface area contributed by atoms with E-state index in [1.54, 1.807) is 0 Å². The van der Waals surface area contributed by atoms with Crippen LogP contribution < -0.4 is 5.73 Å². The number of aromatic nitrogens is 1. The summed E-state index contributed by atoms with van der Waals surface area (Å²) in [4.78, 5) is 4.73. The van der Waals surface area contributed by atoms with Crippen molar-refractivity contribution in [1.29, 1.82) is 0 Å². The minimum Gasteiger partial charge on any atom is -0.413 e. The molecule has 1 heterocycles. The largest absolute Gasteiger partial charge is 0.413 e. The van der Waals surface area contributed by atoms with Crippen LogP contribution >= 0.6 is 0 Å². The van der Waals surface area contributed by atoms with Crippen LogP contribution in [0.2, 0.25) is 5.04 Å². The van der Waals surface area contributed by atoms with Gasteiger partial charge in [-0.15, -0.1) is 0 Å². The molecule has 2 N–H and O–H groups in total. The number of nitrogens with zero attached hydrogens (tertiary/aromatic N) is 1. The fraction of sp³-hybridized carbons (Fsp3) is 0.438. The van der Waals surface area contributed by atoms with Crippen LogP contribution in [0.4, 0.5) is 5.69 Å². The average molecular weight is 288 g/mol. The van der Waals surface area contributed by atoms with Crippen LogP contribution in [0.15, 0.2) is 30.3 Å². The number of fused-ring (bicyclic) bond motifs is 1. The van der Waals surface area contributed by atoms with Gasteiger partial charge >= 0.3 is 0 Å². The number of nitrogens with two attached hydrogens (primary N) is 1. The summed E-state index contributed by atoms with van der Waals surface area (Å²) in [5.41, 5.74) is 8.17. The third-order valence-corrected chi connectivity index (χ3v) is 4.93. The van der Waals surface area contributed by atoms with Crippen molar-refractivity contribution in [1.82, 2.24) is 4.98 Å². The van der Waals surface area contributed by atoms with Gasteiger partial charge in [0.25, 0.3) is 0 Å². The van der Waals surface area contributed by atoms with Crippen molar-refractivity contribution in [3.05, 3.63) is 36.0 Å². The van der Waals surface area contributed by atoms with E-state index in [1.165, 1.54) is 0 Å². The second kappa shape index (κ2) is 5.18. The van der Waals surface area contributed by atoms with Crippen molar-refractivity contribution in [3.63, 3.8) is 0 Å². The fourth-order valence-corrected chi connectivity index (χ4v) is 2.89. The zero-order valence-electron chi connectivity index (χ0n) is 13.0. The summed E-state index contributed by atoms with van der Waals surface area (Å²) in [6.07, 6.45) is 0. The Morgan fingerprint density at radius 2 is 1.75 bits per heavy atom. The van der Waals surface area contributed by atoms with E-state index in [9.17, 15) is 0 Å². The van der Waals surface area contributed by atoms with Gasteiger partial charge < -0.3 is 10.2 Å². The molecular weight excluding hydrogens is 264 g/mol. The maximum atomic E-state index is 6.20. The number of anilines is 1. The number of pyridine rings is 1. The molecule has 20 heavy (non-hydrogen) atoms. The molecule has 3 nitrogen and oxygen atoms in total. The smallest absolute Gasteiger partial charge is 0.168 e. The standard InChI is InChI=1S/C16H24N2OSi/c1-15(2,3)20-19-16(4,5)14-9-6-11-10-12(17)7-8-13(11)18-14/h6-10H,17,20H2,1-5H3. The van der Waals surface area contributed by atoms with E-state index in [4.69, 9.17) is 15.1 Å². The van der Waals surface area contributed by atoms with Gasteiger partial charge in [0.05, 0.1) is 16.8 Å². The third-order valence-electron chi connectivity index (χ3n) is 3.20. The van der Waals surface area contributed by atoms with Gasteiger partial charge in [-0.2, -0.15) is 0 Å². The molecule has 0 aliphatic carbocycles. The SMILES string of the molecule is CC(C)(C)[SiH2]OC(C)(C)c1ccc2cc(N)ccc2n1. The highest BCUT2D eigenvalue weighted by Crippen LogP contribution is 2.29. The van der Waals surface area contributed by atoms with Gasteiger partial charge in [0.1, 0.15) is 0 Å². The Labute approximate surface area is 123 Å². The molecule has 0 atom stereocenters. The Hall–Kier alpha value is -1.39. The molecular formula is C16H24N2OSi. The Balaban J connectivity index is 2.29. The first-order valence-corrected chi connectivity index (χ1v) is 8.27. The lowest BCUT2D eigenvalue weighted by Gasteiger charge is -2.29. The lowest BCUT2D eigenvalue weighted by atomic mass is 10.0. The maximum absolute atomic E-state index is 6.20. The molecule has 0 amide bonds. The molecule has 0 aliphatic rings. The lowest BCUT2D eigenvalue weighted by Crippen LogP contribution is -2.28. The molecule has 4 heteroatoms. The van der Waals surface area contributed by atoms with E-state index in [0.717, 1.165) is 22.3 Å². The van der Waals surface area contributed by atoms with E-state index in [1.807, 2.05) is 24.3 Å². The highest BCUT2D eigenvalue weighted by molar-refractivity contribution is 6.31. The molecule has 0 radical (unpaired) electrons. The van der Waals surface area contributed by atoms with E-state index in [0.29, 0.717) is 0 Å². The zero-order valence-corrected chi connectivity index (χ0v) is 14.4. The van der Waals surface area contributed by atoms with Crippen molar-refractivity contribution in [3.8, 4) is 0 Å². The van der Waals surface area contributed by atoms with Crippen molar-refractivity contribution in [2.45, 2.75) is 45.3 Å². The minimum absolute atomic E-state index is 0.280. The minimum atomic E-state index is -0.616. The zero-order chi connectivity index (χ0) is 15.0. The lowest BCUT2D eigenvalue weighted by molar-refractivity contribution is 0.105. The fourth-order valence-electron chi connectivity index (χ4n) is 1.95. The molecule has 0 fully saturated rings. The third kappa shape index (κ3) is 3.58. The summed E-state index contributed by atoms with van der Waals surface area (Å²) in [5.74, 6) is 0. The summed E-state index contributed by atoms with van der Waals surface area (Å²) in [6, 6.07) is 9.91. The van der Waals surface area contributed by atoms with Crippen LogP contribution in [-0.2, 0) is 10.0 Å². The van der Waals surface area contributed by atoms with Gasteiger partial charge in [0.2, 0.25) is 0 Å². The molecule has 0 spiro atoms. The molecule has 0 saturated carbocycles. The Morgan fingerprint density at radius 1 is 1.05 bits per heavy atom. The number of hydrogen-bond acceptors (Lipinski definition) is 3. The Kier molecular flexibility index (Phi) is 3.89. The molecule has 2 aromatic rings. The quantitative estimate of drug-likeness (QED) is 0.696. The maximum Gasteiger partial charge on any atom is 0.168 e. The van der Waals surface area contributed by atoms with Gasteiger partial charge in [-0.05, 0) is 43.2 Å². The molecule has 0 aliphatic heterocycles. The van der Waals surface area contributed by atoms with E-state index < -0.39 is 9.76 Å². The summed E-state index contributed by atoms with van der Waals surface area (Å²) in [7, 11) is -0.616. The highest BCUT2D eigenvalue weighted by Gasteiger charge is 2.25. The number of rotatable bonds is 3. The Bertz CT molecular complexity index is 617. The Morgan fingerprint density at radius 3 is 2.40 bits per heavy atom. The van der Waals surface area contributed by atoms with Crippen molar-refractivity contribution >= 4 is 26.4 Å². The van der Waals surface area contributed by atoms with E-state index in [2.05, 4.69) is 40.7 Å². The molecule has 1 aromatic heterocycles. The molecule has 2 rings (SSSR count). The highest BCUT2D eigenvalue weighted by atomic mass is 28.2. The number of hydrogen-bond donors (Lipinski definition) is 1. The first kappa shape index (κ1) is 15.0. The summed E-state index contributed by atoms with van der Waals surface area (Å²) < 4.78 is 6.20. The van der Waals surface area contributed by atoms with Crippen LogP contribution in [0.5, 0.6) is 0 Å². The normalized spacial score (nSPS) is 13.4. The second-order valence-corrected chi connectivity index (χ2v) is 9.71. The van der Waals surface area contributed by atoms with Crippen LogP contribution in [0, 0.1) is 0 Å². The van der Waals surface area contributed by atoms with Crippen LogP contribution in [0.1, 0.15) is 40.3 Å². The van der Waals surface area contributed by atoms with Crippen LogP contribution in [-0.4, -0.2) is 14.7 Å². The number of nitrogen functional groups attached to an aromatic ring is 1. The monoisotopic (exact) mass is 288 g/mol. The van der Waals surface area contributed by atoms with Gasteiger partial charge in [0, 0.05) is 11.1 Å². The van der Waals surface area contributed by atoms with E-state index >= 15 is 0 Å². The van der Waals surface area contributed by atoms with Crippen LogP contribution in [0.3, 0.4) is 0 Å². The van der Waals surface area contributed by atoms with Crippen molar-refractivity contribution in [2.75, 3.05) is 5.73 Å². The van der Waals surface area contributed by atoms with Crippen molar-refractivity contribution < 1.29 is 4.43 Å². The average Bonchev–Trinajstić information content (AvgIpc) is 2.35. The van der Waals surface area contributed by atoms with Gasteiger partial charge in [-0.1, -0.05) is 26.8 Å². The first-order valence-electron chi connectivity index (χ1n) is 6.98. The van der Waals surface area contributed by atoms with Gasteiger partial charge in [-0.25, -0.2) is 4.98 Å². The second-order valence-electron chi connectivity index (χ2n) is 7.01.